The second-order valence-electron chi connectivity index (χ2n) is 8.54. The second kappa shape index (κ2) is 9.05. The Morgan fingerprint density at radius 2 is 1.73 bits per heavy atom. The van der Waals surface area contributed by atoms with Gasteiger partial charge in [-0.05, 0) is 49.9 Å². The van der Waals surface area contributed by atoms with Crippen molar-refractivity contribution in [3.05, 3.63) is 42.0 Å². The molecule has 2 aliphatic rings. The normalized spacial score (nSPS) is 17.4. The number of amides is 2. The number of nitrogens with zero attached hydrogens (tertiary/aromatic N) is 1. The standard InChI is InChI=1S/C24H28N2O6S/c1-15-10-17-11-21(6-7-22(17)26(15)24(28)16-4-5-16)33(29,30)9-8-23(27)25-18-12-19(31-2)14-20(13-18)32-3/h6-7,11-16H,4-5,8-10H2,1-3H3,(H,25,27)/t15-/m0/s1. The van der Waals surface area contributed by atoms with E-state index in [0.717, 1.165) is 24.1 Å². The van der Waals surface area contributed by atoms with Crippen LogP contribution in [0.4, 0.5) is 11.4 Å². The highest BCUT2D eigenvalue weighted by Gasteiger charge is 2.39. The van der Waals surface area contributed by atoms with Gasteiger partial charge in [-0.3, -0.25) is 9.59 Å². The van der Waals surface area contributed by atoms with Gasteiger partial charge in [-0.1, -0.05) is 0 Å². The molecule has 0 spiro atoms. The van der Waals surface area contributed by atoms with E-state index < -0.39 is 15.7 Å². The summed E-state index contributed by atoms with van der Waals surface area (Å²) >= 11 is 0. The molecule has 2 aromatic rings. The van der Waals surface area contributed by atoms with Crippen molar-refractivity contribution in [2.24, 2.45) is 5.92 Å². The van der Waals surface area contributed by atoms with Crippen LogP contribution in [0.15, 0.2) is 41.3 Å². The van der Waals surface area contributed by atoms with Crippen LogP contribution in [0.1, 0.15) is 31.7 Å². The fourth-order valence-corrected chi connectivity index (χ4v) is 5.40. The molecule has 0 bridgehead atoms. The zero-order valence-corrected chi connectivity index (χ0v) is 19.8. The number of hydrogen-bond donors (Lipinski definition) is 1. The summed E-state index contributed by atoms with van der Waals surface area (Å²) in [5.41, 5.74) is 2.11. The van der Waals surface area contributed by atoms with Gasteiger partial charge in [0, 0.05) is 48.0 Å². The lowest BCUT2D eigenvalue weighted by molar-refractivity contribution is -0.120. The number of methoxy groups -OCH3 is 2. The minimum absolute atomic E-state index is 0.0108. The van der Waals surface area contributed by atoms with E-state index in [1.165, 1.54) is 20.3 Å². The van der Waals surface area contributed by atoms with Crippen molar-refractivity contribution in [3.8, 4) is 11.5 Å². The molecule has 0 aromatic heterocycles. The van der Waals surface area contributed by atoms with Gasteiger partial charge in [0.05, 0.1) is 24.9 Å². The first kappa shape index (κ1) is 23.1. The van der Waals surface area contributed by atoms with Crippen LogP contribution in [0.2, 0.25) is 0 Å². The first-order chi connectivity index (χ1) is 15.7. The molecular weight excluding hydrogens is 444 g/mol. The molecule has 9 heteroatoms. The monoisotopic (exact) mass is 472 g/mol. The minimum atomic E-state index is -3.67. The zero-order valence-electron chi connectivity index (χ0n) is 19.0. The van der Waals surface area contributed by atoms with Crippen LogP contribution < -0.4 is 19.7 Å². The fraction of sp³-hybridized carbons (Fsp3) is 0.417. The number of carbonyl (C=O) groups excluding carboxylic acids is 2. The molecule has 1 fully saturated rings. The highest BCUT2D eigenvalue weighted by molar-refractivity contribution is 7.91. The van der Waals surface area contributed by atoms with Gasteiger partial charge in [-0.2, -0.15) is 0 Å². The third-order valence-corrected chi connectivity index (χ3v) is 7.74. The van der Waals surface area contributed by atoms with Gasteiger partial charge in [0.25, 0.3) is 0 Å². The van der Waals surface area contributed by atoms with Crippen LogP contribution in [-0.2, 0) is 25.8 Å². The Kier molecular flexibility index (Phi) is 6.34. The summed E-state index contributed by atoms with van der Waals surface area (Å²) in [6.07, 6.45) is 2.28. The Balaban J connectivity index is 1.43. The van der Waals surface area contributed by atoms with E-state index in [0.29, 0.717) is 23.6 Å². The van der Waals surface area contributed by atoms with Gasteiger partial charge in [-0.25, -0.2) is 8.42 Å². The molecule has 8 nitrogen and oxygen atoms in total. The van der Waals surface area contributed by atoms with Crippen LogP contribution >= 0.6 is 0 Å². The highest BCUT2D eigenvalue weighted by atomic mass is 32.2. The lowest BCUT2D eigenvalue weighted by atomic mass is 10.1. The Hall–Kier alpha value is -3.07. The Morgan fingerprint density at radius 3 is 2.33 bits per heavy atom. The summed E-state index contributed by atoms with van der Waals surface area (Å²) in [6.45, 7) is 1.98. The average Bonchev–Trinajstić information content (AvgIpc) is 3.59. The third kappa shape index (κ3) is 4.98. The summed E-state index contributed by atoms with van der Waals surface area (Å²) in [5, 5.41) is 2.69. The molecule has 1 heterocycles. The number of rotatable bonds is 8. The Morgan fingerprint density at radius 1 is 1.06 bits per heavy atom. The summed E-state index contributed by atoms with van der Waals surface area (Å²) in [5.74, 6) is 0.508. The molecule has 1 N–H and O–H groups in total. The lowest BCUT2D eigenvalue weighted by Crippen LogP contribution is -2.36. The van der Waals surface area contributed by atoms with Crippen LogP contribution in [0, 0.1) is 5.92 Å². The molecule has 176 valence electrons. The molecule has 0 saturated heterocycles. The molecule has 1 aliphatic heterocycles. The van der Waals surface area contributed by atoms with Crippen molar-refractivity contribution in [2.75, 3.05) is 30.2 Å². The SMILES string of the molecule is COc1cc(NC(=O)CCS(=O)(=O)c2ccc3c(c2)C[C@H](C)N3C(=O)C2CC2)cc(OC)c1. The maximum atomic E-state index is 12.9. The van der Waals surface area contributed by atoms with E-state index in [2.05, 4.69) is 5.32 Å². The number of ether oxygens (including phenoxy) is 2. The number of benzene rings is 2. The molecule has 2 amide bonds. The lowest BCUT2D eigenvalue weighted by Gasteiger charge is -2.22. The van der Waals surface area contributed by atoms with E-state index in [4.69, 9.17) is 9.47 Å². The fourth-order valence-electron chi connectivity index (χ4n) is 4.11. The number of fused-ring (bicyclic) bond motifs is 1. The summed E-state index contributed by atoms with van der Waals surface area (Å²) in [7, 11) is -0.657. The largest absolute Gasteiger partial charge is 0.497 e. The van der Waals surface area contributed by atoms with Gasteiger partial charge in [0.2, 0.25) is 11.8 Å². The van der Waals surface area contributed by atoms with E-state index >= 15 is 0 Å². The molecular formula is C24H28N2O6S. The topological polar surface area (TPSA) is 102 Å². The van der Waals surface area contributed by atoms with Gasteiger partial charge in [0.1, 0.15) is 11.5 Å². The number of sulfone groups is 1. The van der Waals surface area contributed by atoms with E-state index in [-0.39, 0.29) is 34.9 Å². The van der Waals surface area contributed by atoms with Crippen molar-refractivity contribution in [1.82, 2.24) is 0 Å². The van der Waals surface area contributed by atoms with E-state index in [9.17, 15) is 18.0 Å². The first-order valence-electron chi connectivity index (χ1n) is 10.9. The summed E-state index contributed by atoms with van der Waals surface area (Å²) in [6, 6.07) is 9.84. The van der Waals surface area contributed by atoms with Gasteiger partial charge in [0.15, 0.2) is 9.84 Å². The maximum Gasteiger partial charge on any atom is 0.230 e. The number of anilines is 2. The maximum absolute atomic E-state index is 12.9. The van der Waals surface area contributed by atoms with Crippen molar-refractivity contribution < 1.29 is 27.5 Å². The van der Waals surface area contributed by atoms with Crippen LogP contribution in [0.5, 0.6) is 11.5 Å². The van der Waals surface area contributed by atoms with Crippen molar-refractivity contribution in [2.45, 2.75) is 43.5 Å². The quantitative estimate of drug-likeness (QED) is 0.633. The van der Waals surface area contributed by atoms with Gasteiger partial charge in [-0.15, -0.1) is 0 Å². The van der Waals surface area contributed by atoms with Crippen LogP contribution in [0.25, 0.3) is 0 Å². The Labute approximate surface area is 193 Å². The third-order valence-electron chi connectivity index (χ3n) is 6.02. The van der Waals surface area contributed by atoms with Gasteiger partial charge >= 0.3 is 0 Å². The molecule has 1 saturated carbocycles. The zero-order chi connectivity index (χ0) is 23.8. The number of nitrogens with one attached hydrogen (secondary N) is 1. The first-order valence-corrected chi connectivity index (χ1v) is 12.6. The predicted molar refractivity (Wildman–Crippen MR) is 125 cm³/mol. The summed E-state index contributed by atoms with van der Waals surface area (Å²) < 4.78 is 36.2. The molecule has 1 atom stereocenters. The van der Waals surface area contributed by atoms with Gasteiger partial charge < -0.3 is 19.7 Å². The second-order valence-corrected chi connectivity index (χ2v) is 10.7. The van der Waals surface area contributed by atoms with E-state index in [1.54, 1.807) is 35.2 Å². The minimum Gasteiger partial charge on any atom is -0.497 e. The average molecular weight is 473 g/mol. The van der Waals surface area contributed by atoms with Crippen molar-refractivity contribution >= 4 is 33.0 Å². The highest BCUT2D eigenvalue weighted by Crippen LogP contribution is 2.39. The number of carbonyl (C=O) groups is 2. The van der Waals surface area contributed by atoms with E-state index in [1.807, 2.05) is 6.92 Å². The van der Waals surface area contributed by atoms with Crippen LogP contribution in [-0.4, -0.2) is 46.2 Å². The Bertz CT molecular complexity index is 1170. The van der Waals surface area contributed by atoms with Crippen molar-refractivity contribution in [3.63, 3.8) is 0 Å². The number of hydrogen-bond acceptors (Lipinski definition) is 6. The van der Waals surface area contributed by atoms with Crippen molar-refractivity contribution in [1.29, 1.82) is 0 Å². The molecule has 0 unspecified atom stereocenters. The molecule has 4 rings (SSSR count). The molecule has 33 heavy (non-hydrogen) atoms. The summed E-state index contributed by atoms with van der Waals surface area (Å²) in [4.78, 5) is 27.0. The molecule has 0 radical (unpaired) electrons. The smallest absolute Gasteiger partial charge is 0.230 e. The molecule has 1 aliphatic carbocycles. The van der Waals surface area contributed by atoms with Crippen LogP contribution in [0.3, 0.4) is 0 Å². The molecule has 2 aromatic carbocycles. The predicted octanol–water partition coefficient (Wildman–Crippen LogP) is 3.19.